The molecule has 0 aromatic heterocycles. The molecule has 0 unspecified atom stereocenters. The van der Waals surface area contributed by atoms with E-state index >= 15 is 0 Å². The van der Waals surface area contributed by atoms with Crippen LogP contribution in [-0.2, 0) is 0 Å². The standard InChI is InChI=1S/C17H22O/c1-4-17(2,3)11-12-18-16-10-9-14-7-5-6-8-15(14)13-16/h5-10,13H,4,11-12H2,1-3H3. The molecule has 2 aromatic rings. The van der Waals surface area contributed by atoms with Crippen LogP contribution in [0.2, 0.25) is 0 Å². The molecule has 0 spiro atoms. The molecule has 0 aliphatic carbocycles. The van der Waals surface area contributed by atoms with Gasteiger partial charge in [-0.1, -0.05) is 57.5 Å². The van der Waals surface area contributed by atoms with E-state index in [1.54, 1.807) is 0 Å². The van der Waals surface area contributed by atoms with Gasteiger partial charge in [0, 0.05) is 0 Å². The van der Waals surface area contributed by atoms with Crippen molar-refractivity contribution >= 4 is 10.8 Å². The molecular weight excluding hydrogens is 220 g/mol. The lowest BCUT2D eigenvalue weighted by atomic mass is 9.87. The molecule has 1 nitrogen and oxygen atoms in total. The van der Waals surface area contributed by atoms with Gasteiger partial charge < -0.3 is 4.74 Å². The molecule has 0 heterocycles. The molecule has 0 bridgehead atoms. The second kappa shape index (κ2) is 5.43. The summed E-state index contributed by atoms with van der Waals surface area (Å²) >= 11 is 0. The quantitative estimate of drug-likeness (QED) is 0.713. The molecule has 0 N–H and O–H groups in total. The molecule has 18 heavy (non-hydrogen) atoms. The predicted octanol–water partition coefficient (Wildman–Crippen LogP) is 5.04. The molecule has 0 amide bonds. The number of rotatable bonds is 5. The third-order valence-corrected chi connectivity index (χ3v) is 3.73. The Morgan fingerprint density at radius 3 is 2.44 bits per heavy atom. The SMILES string of the molecule is CCC(C)(C)CCOc1ccc2ccccc2c1. The maximum atomic E-state index is 5.85. The third-order valence-electron chi connectivity index (χ3n) is 3.73. The minimum Gasteiger partial charge on any atom is -0.494 e. The van der Waals surface area contributed by atoms with E-state index in [0.29, 0.717) is 5.41 Å². The highest BCUT2D eigenvalue weighted by atomic mass is 16.5. The Labute approximate surface area is 110 Å². The van der Waals surface area contributed by atoms with Gasteiger partial charge in [0.1, 0.15) is 5.75 Å². The van der Waals surface area contributed by atoms with Gasteiger partial charge in [-0.05, 0) is 34.7 Å². The van der Waals surface area contributed by atoms with Crippen LogP contribution < -0.4 is 4.74 Å². The Hall–Kier alpha value is -1.50. The molecular formula is C17H22O. The summed E-state index contributed by atoms with van der Waals surface area (Å²) in [6.45, 7) is 7.60. The molecule has 2 aromatic carbocycles. The minimum atomic E-state index is 0.372. The lowest BCUT2D eigenvalue weighted by molar-refractivity contribution is 0.223. The highest BCUT2D eigenvalue weighted by Gasteiger charge is 2.14. The fourth-order valence-corrected chi connectivity index (χ4v) is 1.88. The van der Waals surface area contributed by atoms with Gasteiger partial charge in [0.2, 0.25) is 0 Å². The molecule has 0 fully saturated rings. The second-order valence-electron chi connectivity index (χ2n) is 5.63. The number of hydrogen-bond donors (Lipinski definition) is 0. The lowest BCUT2D eigenvalue weighted by Gasteiger charge is -2.22. The van der Waals surface area contributed by atoms with Crippen LogP contribution in [0.5, 0.6) is 5.75 Å². The maximum Gasteiger partial charge on any atom is 0.119 e. The third kappa shape index (κ3) is 3.25. The molecule has 0 atom stereocenters. The van der Waals surface area contributed by atoms with Crippen molar-refractivity contribution in [3.63, 3.8) is 0 Å². The van der Waals surface area contributed by atoms with Crippen LogP contribution in [0.3, 0.4) is 0 Å². The Bertz CT molecular complexity index is 514. The van der Waals surface area contributed by atoms with Gasteiger partial charge in [-0.3, -0.25) is 0 Å². The number of fused-ring (bicyclic) bond motifs is 1. The van der Waals surface area contributed by atoms with E-state index in [1.165, 1.54) is 17.2 Å². The van der Waals surface area contributed by atoms with Crippen molar-refractivity contribution in [2.75, 3.05) is 6.61 Å². The van der Waals surface area contributed by atoms with Gasteiger partial charge in [-0.25, -0.2) is 0 Å². The Morgan fingerprint density at radius 2 is 1.72 bits per heavy atom. The van der Waals surface area contributed by atoms with Gasteiger partial charge in [0.15, 0.2) is 0 Å². The van der Waals surface area contributed by atoms with Crippen molar-refractivity contribution in [2.45, 2.75) is 33.6 Å². The van der Waals surface area contributed by atoms with E-state index in [2.05, 4.69) is 63.2 Å². The van der Waals surface area contributed by atoms with Crippen molar-refractivity contribution < 1.29 is 4.74 Å². The zero-order chi connectivity index (χ0) is 13.0. The first-order valence-electron chi connectivity index (χ1n) is 6.72. The van der Waals surface area contributed by atoms with E-state index in [4.69, 9.17) is 4.74 Å². The summed E-state index contributed by atoms with van der Waals surface area (Å²) in [5, 5.41) is 2.50. The first kappa shape index (κ1) is 12.9. The molecule has 0 saturated heterocycles. The molecule has 0 aliphatic rings. The summed E-state index contributed by atoms with van der Waals surface area (Å²) in [6, 6.07) is 14.7. The van der Waals surface area contributed by atoms with E-state index in [1.807, 2.05) is 0 Å². The lowest BCUT2D eigenvalue weighted by Crippen LogP contribution is -2.14. The van der Waals surface area contributed by atoms with Gasteiger partial charge in [0.05, 0.1) is 6.61 Å². The number of benzene rings is 2. The first-order chi connectivity index (χ1) is 8.61. The highest BCUT2D eigenvalue weighted by molar-refractivity contribution is 5.83. The fraction of sp³-hybridized carbons (Fsp3) is 0.412. The zero-order valence-corrected chi connectivity index (χ0v) is 11.6. The molecule has 0 aliphatic heterocycles. The average molecular weight is 242 g/mol. The van der Waals surface area contributed by atoms with Crippen LogP contribution in [0, 0.1) is 5.41 Å². The van der Waals surface area contributed by atoms with Crippen molar-refractivity contribution in [3.05, 3.63) is 42.5 Å². The van der Waals surface area contributed by atoms with E-state index < -0.39 is 0 Å². The predicted molar refractivity (Wildman–Crippen MR) is 78.1 cm³/mol. The fourth-order valence-electron chi connectivity index (χ4n) is 1.88. The number of hydrogen-bond acceptors (Lipinski definition) is 1. The monoisotopic (exact) mass is 242 g/mol. The summed E-state index contributed by atoms with van der Waals surface area (Å²) in [5.74, 6) is 0.973. The van der Waals surface area contributed by atoms with E-state index in [9.17, 15) is 0 Å². The smallest absolute Gasteiger partial charge is 0.119 e. The van der Waals surface area contributed by atoms with E-state index in [-0.39, 0.29) is 0 Å². The van der Waals surface area contributed by atoms with Crippen LogP contribution in [0.25, 0.3) is 10.8 Å². The second-order valence-corrected chi connectivity index (χ2v) is 5.63. The normalized spacial score (nSPS) is 11.7. The Balaban J connectivity index is 2.00. The van der Waals surface area contributed by atoms with Crippen molar-refractivity contribution in [2.24, 2.45) is 5.41 Å². The summed E-state index contributed by atoms with van der Waals surface area (Å²) in [7, 11) is 0. The van der Waals surface area contributed by atoms with Crippen molar-refractivity contribution in [3.8, 4) is 5.75 Å². The van der Waals surface area contributed by atoms with Gasteiger partial charge in [0.25, 0.3) is 0 Å². The highest BCUT2D eigenvalue weighted by Crippen LogP contribution is 2.25. The van der Waals surface area contributed by atoms with Crippen molar-refractivity contribution in [1.29, 1.82) is 0 Å². The van der Waals surface area contributed by atoms with Crippen LogP contribution in [0.4, 0.5) is 0 Å². The Morgan fingerprint density at radius 1 is 1.00 bits per heavy atom. The molecule has 2 rings (SSSR count). The zero-order valence-electron chi connectivity index (χ0n) is 11.6. The van der Waals surface area contributed by atoms with Crippen LogP contribution >= 0.6 is 0 Å². The molecule has 0 radical (unpaired) electrons. The summed E-state index contributed by atoms with van der Waals surface area (Å²) in [4.78, 5) is 0. The van der Waals surface area contributed by atoms with Crippen LogP contribution in [-0.4, -0.2) is 6.61 Å². The largest absolute Gasteiger partial charge is 0.494 e. The molecule has 1 heteroatoms. The number of ether oxygens (including phenoxy) is 1. The van der Waals surface area contributed by atoms with Gasteiger partial charge in [-0.15, -0.1) is 0 Å². The maximum absolute atomic E-state index is 5.85. The van der Waals surface area contributed by atoms with Gasteiger partial charge in [-0.2, -0.15) is 0 Å². The van der Waals surface area contributed by atoms with Crippen LogP contribution in [0.15, 0.2) is 42.5 Å². The summed E-state index contributed by atoms with van der Waals surface area (Å²) in [6.07, 6.45) is 2.28. The Kier molecular flexibility index (Phi) is 3.90. The molecule has 96 valence electrons. The summed E-state index contributed by atoms with van der Waals surface area (Å²) < 4.78 is 5.85. The summed E-state index contributed by atoms with van der Waals surface area (Å²) in [5.41, 5.74) is 0.372. The first-order valence-corrected chi connectivity index (χ1v) is 6.72. The van der Waals surface area contributed by atoms with E-state index in [0.717, 1.165) is 18.8 Å². The van der Waals surface area contributed by atoms with Gasteiger partial charge >= 0.3 is 0 Å². The van der Waals surface area contributed by atoms with Crippen LogP contribution in [0.1, 0.15) is 33.6 Å². The average Bonchev–Trinajstić information content (AvgIpc) is 2.38. The van der Waals surface area contributed by atoms with Crippen molar-refractivity contribution in [1.82, 2.24) is 0 Å². The minimum absolute atomic E-state index is 0.372. The topological polar surface area (TPSA) is 9.23 Å². The molecule has 0 saturated carbocycles.